The van der Waals surface area contributed by atoms with Gasteiger partial charge in [0.05, 0.1) is 6.54 Å². The molecular weight excluding hydrogens is 288 g/mol. The summed E-state index contributed by atoms with van der Waals surface area (Å²) in [5.41, 5.74) is 8.09. The molecule has 2 rings (SSSR count). The van der Waals surface area contributed by atoms with Crippen molar-refractivity contribution in [1.29, 1.82) is 0 Å². The maximum absolute atomic E-state index is 12.1. The summed E-state index contributed by atoms with van der Waals surface area (Å²) < 4.78 is 0. The predicted molar refractivity (Wildman–Crippen MR) is 95.7 cm³/mol. The molecule has 1 saturated heterocycles. The van der Waals surface area contributed by atoms with E-state index in [9.17, 15) is 4.79 Å². The van der Waals surface area contributed by atoms with Crippen LogP contribution in [0.25, 0.3) is 0 Å². The van der Waals surface area contributed by atoms with Gasteiger partial charge in [-0.05, 0) is 42.9 Å². The number of hydrogen-bond acceptors (Lipinski definition) is 2. The van der Waals surface area contributed by atoms with Gasteiger partial charge >= 0.3 is 0 Å². The Labute approximate surface area is 139 Å². The minimum Gasteiger partial charge on any atom is -0.370 e. The van der Waals surface area contributed by atoms with E-state index in [-0.39, 0.29) is 5.91 Å². The van der Waals surface area contributed by atoms with Crippen LogP contribution in [-0.4, -0.2) is 36.4 Å². The molecule has 0 saturated carbocycles. The van der Waals surface area contributed by atoms with Crippen LogP contribution in [0.3, 0.4) is 0 Å². The van der Waals surface area contributed by atoms with Crippen LogP contribution >= 0.6 is 0 Å². The number of hydrogen-bond donors (Lipinski definition) is 2. The maximum atomic E-state index is 12.1. The first-order valence-corrected chi connectivity index (χ1v) is 8.51. The zero-order valence-electron chi connectivity index (χ0n) is 14.2. The second-order valence-electron chi connectivity index (χ2n) is 6.36. The molecule has 23 heavy (non-hydrogen) atoms. The molecular formula is C18H28N4O. The Bertz CT molecular complexity index is 548. The van der Waals surface area contributed by atoms with Crippen molar-refractivity contribution >= 4 is 17.6 Å². The molecule has 0 radical (unpaired) electrons. The summed E-state index contributed by atoms with van der Waals surface area (Å²) in [7, 11) is 0. The summed E-state index contributed by atoms with van der Waals surface area (Å²) in [5.74, 6) is 1.01. The van der Waals surface area contributed by atoms with Gasteiger partial charge in [-0.1, -0.05) is 26.0 Å². The molecule has 1 aromatic rings. The topological polar surface area (TPSA) is 70.7 Å². The van der Waals surface area contributed by atoms with Gasteiger partial charge < -0.3 is 16.0 Å². The van der Waals surface area contributed by atoms with Crippen LogP contribution in [0.1, 0.15) is 51.0 Å². The Morgan fingerprint density at radius 3 is 2.74 bits per heavy atom. The molecule has 0 atom stereocenters. The Morgan fingerprint density at radius 2 is 2.04 bits per heavy atom. The number of guanidine groups is 1. The zero-order valence-corrected chi connectivity index (χ0v) is 14.2. The lowest BCUT2D eigenvalue weighted by Gasteiger charge is -2.26. The Kier molecular flexibility index (Phi) is 6.44. The van der Waals surface area contributed by atoms with E-state index in [4.69, 9.17) is 5.73 Å². The van der Waals surface area contributed by atoms with Crippen LogP contribution in [0.5, 0.6) is 0 Å². The number of nitrogens with zero attached hydrogens (tertiary/aromatic N) is 2. The van der Waals surface area contributed by atoms with Gasteiger partial charge in [0.2, 0.25) is 5.91 Å². The highest BCUT2D eigenvalue weighted by Gasteiger charge is 2.15. The van der Waals surface area contributed by atoms with Crippen molar-refractivity contribution in [2.75, 3.05) is 25.0 Å². The van der Waals surface area contributed by atoms with Crippen LogP contribution < -0.4 is 11.1 Å². The van der Waals surface area contributed by atoms with Crippen molar-refractivity contribution < 1.29 is 4.79 Å². The SMILES string of the molecule is CC(C)c1cccc(NC(N)=NCCC(=O)N2CCCCC2)c1. The molecule has 1 aromatic carbocycles. The number of anilines is 1. The molecule has 1 aliphatic rings. The normalized spacial score (nSPS) is 15.8. The summed E-state index contributed by atoms with van der Waals surface area (Å²) in [4.78, 5) is 18.3. The highest BCUT2D eigenvalue weighted by atomic mass is 16.2. The van der Waals surface area contributed by atoms with Gasteiger partial charge in [-0.15, -0.1) is 0 Å². The number of aliphatic imine (C=N–C) groups is 1. The smallest absolute Gasteiger partial charge is 0.224 e. The molecule has 0 aliphatic carbocycles. The molecule has 5 heteroatoms. The van der Waals surface area contributed by atoms with Gasteiger partial charge in [0.25, 0.3) is 0 Å². The van der Waals surface area contributed by atoms with Crippen LogP contribution in [-0.2, 0) is 4.79 Å². The minimum atomic E-state index is 0.183. The van der Waals surface area contributed by atoms with Crippen molar-refractivity contribution in [2.45, 2.75) is 45.4 Å². The molecule has 1 heterocycles. The first kappa shape index (κ1) is 17.3. The van der Waals surface area contributed by atoms with Crippen LogP contribution in [0.2, 0.25) is 0 Å². The van der Waals surface area contributed by atoms with Crippen LogP contribution in [0.15, 0.2) is 29.3 Å². The van der Waals surface area contributed by atoms with E-state index in [0.717, 1.165) is 31.6 Å². The van der Waals surface area contributed by atoms with E-state index < -0.39 is 0 Å². The number of carbonyl (C=O) groups is 1. The third kappa shape index (κ3) is 5.58. The molecule has 1 aliphatic heterocycles. The standard InChI is InChI=1S/C18H28N4O/c1-14(2)15-7-6-8-16(13-15)21-18(19)20-10-9-17(23)22-11-4-3-5-12-22/h6-8,13-14H,3-5,9-12H2,1-2H3,(H3,19,20,21). The second kappa shape index (κ2) is 8.56. The second-order valence-corrected chi connectivity index (χ2v) is 6.36. The summed E-state index contributed by atoms with van der Waals surface area (Å²) in [6, 6.07) is 8.14. The number of amides is 1. The average Bonchev–Trinajstić information content (AvgIpc) is 2.55. The number of piperidine rings is 1. The van der Waals surface area contributed by atoms with E-state index >= 15 is 0 Å². The van der Waals surface area contributed by atoms with Crippen molar-refractivity contribution in [3.8, 4) is 0 Å². The fraction of sp³-hybridized carbons (Fsp3) is 0.556. The first-order valence-electron chi connectivity index (χ1n) is 8.51. The van der Waals surface area contributed by atoms with Gasteiger partial charge in [-0.3, -0.25) is 9.79 Å². The summed E-state index contributed by atoms with van der Waals surface area (Å²) in [6.45, 7) is 6.51. The third-order valence-corrected chi connectivity index (χ3v) is 4.14. The third-order valence-electron chi connectivity index (χ3n) is 4.14. The fourth-order valence-corrected chi connectivity index (χ4v) is 2.74. The predicted octanol–water partition coefficient (Wildman–Crippen LogP) is 2.94. The molecule has 5 nitrogen and oxygen atoms in total. The van der Waals surface area contributed by atoms with Crippen LogP contribution in [0.4, 0.5) is 5.69 Å². The number of benzene rings is 1. The van der Waals surface area contributed by atoms with Gasteiger partial charge in [-0.2, -0.15) is 0 Å². The molecule has 3 N–H and O–H groups in total. The Balaban J connectivity index is 1.80. The van der Waals surface area contributed by atoms with E-state index in [2.05, 4.69) is 36.3 Å². The molecule has 0 bridgehead atoms. The Morgan fingerprint density at radius 1 is 1.30 bits per heavy atom. The highest BCUT2D eigenvalue weighted by Crippen LogP contribution is 2.18. The fourth-order valence-electron chi connectivity index (χ4n) is 2.74. The van der Waals surface area contributed by atoms with Gasteiger partial charge in [0.15, 0.2) is 5.96 Å². The molecule has 1 amide bonds. The van der Waals surface area contributed by atoms with Crippen LogP contribution in [0, 0.1) is 0 Å². The lowest BCUT2D eigenvalue weighted by molar-refractivity contribution is -0.131. The summed E-state index contributed by atoms with van der Waals surface area (Å²) >= 11 is 0. The summed E-state index contributed by atoms with van der Waals surface area (Å²) in [5, 5.41) is 3.09. The largest absolute Gasteiger partial charge is 0.370 e. The van der Waals surface area contributed by atoms with Gasteiger partial charge in [-0.25, -0.2) is 0 Å². The van der Waals surface area contributed by atoms with Gasteiger partial charge in [0, 0.05) is 25.2 Å². The lowest BCUT2D eigenvalue weighted by atomic mass is 10.0. The lowest BCUT2D eigenvalue weighted by Crippen LogP contribution is -2.36. The number of likely N-dealkylation sites (tertiary alicyclic amines) is 1. The Hall–Kier alpha value is -2.04. The quantitative estimate of drug-likeness (QED) is 0.648. The summed E-state index contributed by atoms with van der Waals surface area (Å²) in [6.07, 6.45) is 3.89. The number of rotatable bonds is 5. The van der Waals surface area contributed by atoms with Crippen molar-refractivity contribution in [3.05, 3.63) is 29.8 Å². The zero-order chi connectivity index (χ0) is 16.7. The molecule has 1 fully saturated rings. The van der Waals surface area contributed by atoms with Crippen molar-refractivity contribution in [2.24, 2.45) is 10.7 Å². The maximum Gasteiger partial charge on any atom is 0.224 e. The minimum absolute atomic E-state index is 0.183. The van der Waals surface area contributed by atoms with E-state index in [1.807, 2.05) is 17.0 Å². The van der Waals surface area contributed by atoms with Crippen molar-refractivity contribution in [3.63, 3.8) is 0 Å². The van der Waals surface area contributed by atoms with E-state index in [0.29, 0.717) is 24.8 Å². The first-order chi connectivity index (χ1) is 11.1. The average molecular weight is 316 g/mol. The number of nitrogens with one attached hydrogen (secondary N) is 1. The van der Waals surface area contributed by atoms with Crippen molar-refractivity contribution in [1.82, 2.24) is 4.90 Å². The van der Waals surface area contributed by atoms with Gasteiger partial charge in [0.1, 0.15) is 0 Å². The van der Waals surface area contributed by atoms with E-state index in [1.165, 1.54) is 12.0 Å². The highest BCUT2D eigenvalue weighted by molar-refractivity contribution is 5.92. The van der Waals surface area contributed by atoms with E-state index in [1.54, 1.807) is 0 Å². The molecule has 0 spiro atoms. The number of carbonyl (C=O) groups excluding carboxylic acids is 1. The monoisotopic (exact) mass is 316 g/mol. The molecule has 126 valence electrons. The number of nitrogens with two attached hydrogens (primary N) is 1. The molecule has 0 aromatic heterocycles. The molecule has 0 unspecified atom stereocenters.